The van der Waals surface area contributed by atoms with Crippen molar-refractivity contribution < 1.29 is 9.53 Å². The van der Waals surface area contributed by atoms with Crippen LogP contribution in [0.25, 0.3) is 0 Å². The number of anilines is 1. The van der Waals surface area contributed by atoms with Crippen molar-refractivity contribution in [2.75, 3.05) is 37.7 Å². The van der Waals surface area contributed by atoms with E-state index in [0.717, 1.165) is 29.5 Å². The monoisotopic (exact) mass is 346 g/mol. The van der Waals surface area contributed by atoms with E-state index in [2.05, 4.69) is 16.0 Å². The van der Waals surface area contributed by atoms with Crippen molar-refractivity contribution in [3.05, 3.63) is 40.3 Å². The maximum absolute atomic E-state index is 12.5. The number of rotatable bonds is 5. The highest BCUT2D eigenvalue weighted by Gasteiger charge is 2.25. The van der Waals surface area contributed by atoms with Gasteiger partial charge < -0.3 is 20.3 Å². The van der Waals surface area contributed by atoms with Crippen LogP contribution >= 0.6 is 11.3 Å². The summed E-state index contributed by atoms with van der Waals surface area (Å²) in [6.45, 7) is 5.91. The molecule has 0 unspecified atom stereocenters. The second-order valence-electron chi connectivity index (χ2n) is 5.51. The molecule has 1 aliphatic rings. The first-order chi connectivity index (χ1) is 11.7. The third kappa shape index (κ3) is 3.52. The van der Waals surface area contributed by atoms with Crippen LogP contribution in [0.15, 0.2) is 29.6 Å². The third-order valence-corrected chi connectivity index (χ3v) is 4.89. The molecule has 0 radical (unpaired) electrons. The summed E-state index contributed by atoms with van der Waals surface area (Å²) in [5, 5.41) is 2.59. The average Bonchev–Trinajstić information content (AvgIpc) is 3.11. The Hall–Kier alpha value is -2.12. The first-order valence-electron chi connectivity index (χ1n) is 8.13. The molecule has 1 aliphatic heterocycles. The molecule has 2 aromatic rings. The fraction of sp³-hybridized carbons (Fsp3) is 0.412. The maximum atomic E-state index is 12.5. The Morgan fingerprint density at radius 1 is 1.29 bits per heavy atom. The molecule has 2 N–H and O–H groups in total. The molecule has 1 aromatic carbocycles. The quantitative estimate of drug-likeness (QED) is 0.896. The Balaban J connectivity index is 1.64. The first kappa shape index (κ1) is 16.7. The maximum Gasteiger partial charge on any atom is 0.273 e. The van der Waals surface area contributed by atoms with Gasteiger partial charge in [0.25, 0.3) is 5.91 Å². The molecular weight excluding hydrogens is 324 g/mol. The summed E-state index contributed by atoms with van der Waals surface area (Å²) in [5.74, 6) is 0.885. The van der Waals surface area contributed by atoms with Crippen LogP contribution < -0.4 is 15.4 Å². The van der Waals surface area contributed by atoms with Crippen molar-refractivity contribution in [2.45, 2.75) is 13.5 Å². The zero-order valence-electron chi connectivity index (χ0n) is 13.8. The molecule has 6 nitrogen and oxygen atoms in total. The molecule has 0 aliphatic carbocycles. The topological polar surface area (TPSA) is 71.7 Å². The summed E-state index contributed by atoms with van der Waals surface area (Å²) in [5.41, 5.74) is 7.16. The molecule has 0 saturated carbocycles. The van der Waals surface area contributed by atoms with E-state index in [0.29, 0.717) is 31.9 Å². The highest BCUT2D eigenvalue weighted by atomic mass is 32.1. The predicted molar refractivity (Wildman–Crippen MR) is 95.7 cm³/mol. The second kappa shape index (κ2) is 7.63. The van der Waals surface area contributed by atoms with Crippen molar-refractivity contribution in [2.24, 2.45) is 5.73 Å². The van der Waals surface area contributed by atoms with Crippen molar-refractivity contribution in [3.8, 4) is 5.75 Å². The molecule has 128 valence electrons. The highest BCUT2D eigenvalue weighted by Crippen LogP contribution is 2.29. The molecule has 1 amide bonds. The zero-order valence-corrected chi connectivity index (χ0v) is 14.6. The van der Waals surface area contributed by atoms with Crippen LogP contribution in [0.4, 0.5) is 5.69 Å². The van der Waals surface area contributed by atoms with E-state index in [9.17, 15) is 4.79 Å². The Morgan fingerprint density at radius 3 is 2.71 bits per heavy atom. The number of benzene rings is 1. The number of hydrogen-bond acceptors (Lipinski definition) is 6. The fourth-order valence-corrected chi connectivity index (χ4v) is 3.46. The molecule has 1 aromatic heterocycles. The van der Waals surface area contributed by atoms with Gasteiger partial charge in [-0.2, -0.15) is 0 Å². The van der Waals surface area contributed by atoms with Gasteiger partial charge in [0.05, 0.1) is 12.3 Å². The van der Waals surface area contributed by atoms with Crippen LogP contribution in [0.3, 0.4) is 0 Å². The number of piperazine rings is 1. The van der Waals surface area contributed by atoms with Gasteiger partial charge in [0.1, 0.15) is 16.5 Å². The summed E-state index contributed by atoms with van der Waals surface area (Å²) in [4.78, 5) is 20.9. The minimum absolute atomic E-state index is 0.0105. The molecule has 0 spiro atoms. The number of aromatic nitrogens is 1. The van der Waals surface area contributed by atoms with Crippen LogP contribution in [0.1, 0.15) is 22.4 Å². The van der Waals surface area contributed by atoms with E-state index < -0.39 is 0 Å². The number of amides is 1. The number of nitrogens with two attached hydrogens (primary N) is 1. The fourth-order valence-electron chi connectivity index (χ4n) is 2.81. The number of ether oxygens (including phenoxy) is 1. The van der Waals surface area contributed by atoms with Gasteiger partial charge in [0.2, 0.25) is 0 Å². The smallest absolute Gasteiger partial charge is 0.273 e. The normalized spacial score (nSPS) is 14.8. The minimum atomic E-state index is -0.0105. The van der Waals surface area contributed by atoms with Crippen molar-refractivity contribution >= 4 is 22.9 Å². The molecule has 7 heteroatoms. The van der Waals surface area contributed by atoms with E-state index >= 15 is 0 Å². The van der Waals surface area contributed by atoms with E-state index in [1.807, 2.05) is 30.0 Å². The molecule has 24 heavy (non-hydrogen) atoms. The second-order valence-corrected chi connectivity index (χ2v) is 6.45. The van der Waals surface area contributed by atoms with Gasteiger partial charge in [-0.3, -0.25) is 4.79 Å². The Morgan fingerprint density at radius 2 is 2.04 bits per heavy atom. The van der Waals surface area contributed by atoms with Gasteiger partial charge in [-0.1, -0.05) is 12.1 Å². The van der Waals surface area contributed by atoms with Crippen LogP contribution in [0.2, 0.25) is 0 Å². The third-order valence-electron chi connectivity index (χ3n) is 4.02. The summed E-state index contributed by atoms with van der Waals surface area (Å²) < 4.78 is 5.71. The number of carbonyl (C=O) groups excluding carboxylic acids is 1. The van der Waals surface area contributed by atoms with E-state index in [-0.39, 0.29) is 5.91 Å². The lowest BCUT2D eigenvalue weighted by Crippen LogP contribution is -2.49. The summed E-state index contributed by atoms with van der Waals surface area (Å²) in [7, 11) is 0. The lowest BCUT2D eigenvalue weighted by Gasteiger charge is -2.36. The lowest BCUT2D eigenvalue weighted by atomic mass is 10.2. The number of nitrogens with zero attached hydrogens (tertiary/aromatic N) is 3. The van der Waals surface area contributed by atoms with E-state index in [1.165, 1.54) is 11.3 Å². The zero-order chi connectivity index (χ0) is 16.9. The van der Waals surface area contributed by atoms with E-state index in [4.69, 9.17) is 10.5 Å². The Kier molecular flexibility index (Phi) is 5.32. The van der Waals surface area contributed by atoms with Gasteiger partial charge in [0, 0.05) is 38.1 Å². The van der Waals surface area contributed by atoms with Crippen LogP contribution in [0.5, 0.6) is 5.75 Å². The van der Waals surface area contributed by atoms with Gasteiger partial charge in [0.15, 0.2) is 0 Å². The lowest BCUT2D eigenvalue weighted by molar-refractivity contribution is 0.0741. The predicted octanol–water partition coefficient (Wildman–Crippen LogP) is 1.96. The first-order valence-corrected chi connectivity index (χ1v) is 9.01. The van der Waals surface area contributed by atoms with Crippen molar-refractivity contribution in [3.63, 3.8) is 0 Å². The van der Waals surface area contributed by atoms with Crippen LogP contribution in [-0.4, -0.2) is 48.6 Å². The number of thiazole rings is 1. The molecule has 0 bridgehead atoms. The largest absolute Gasteiger partial charge is 0.492 e. The summed E-state index contributed by atoms with van der Waals surface area (Å²) >= 11 is 1.44. The van der Waals surface area contributed by atoms with Gasteiger partial charge >= 0.3 is 0 Å². The number of para-hydroxylation sites is 2. The molecule has 3 rings (SSSR count). The SMILES string of the molecule is CCOc1ccccc1N1CCN(C(=O)c2csc(CN)n2)CC1. The Labute approximate surface area is 145 Å². The average molecular weight is 346 g/mol. The molecular formula is C17H22N4O2S. The molecule has 0 atom stereocenters. The van der Waals surface area contributed by atoms with Crippen molar-refractivity contribution in [1.82, 2.24) is 9.88 Å². The van der Waals surface area contributed by atoms with Gasteiger partial charge in [-0.15, -0.1) is 11.3 Å². The number of hydrogen-bond donors (Lipinski definition) is 1. The van der Waals surface area contributed by atoms with E-state index in [1.54, 1.807) is 5.38 Å². The Bertz CT molecular complexity index is 695. The number of carbonyl (C=O) groups is 1. The van der Waals surface area contributed by atoms with Crippen LogP contribution in [-0.2, 0) is 6.54 Å². The van der Waals surface area contributed by atoms with Gasteiger partial charge in [-0.05, 0) is 19.1 Å². The highest BCUT2D eigenvalue weighted by molar-refractivity contribution is 7.09. The van der Waals surface area contributed by atoms with Crippen LogP contribution in [0, 0.1) is 0 Å². The van der Waals surface area contributed by atoms with Crippen molar-refractivity contribution in [1.29, 1.82) is 0 Å². The molecule has 1 fully saturated rings. The van der Waals surface area contributed by atoms with Gasteiger partial charge in [-0.25, -0.2) is 4.98 Å². The molecule has 1 saturated heterocycles. The summed E-state index contributed by atoms with van der Waals surface area (Å²) in [6, 6.07) is 8.04. The minimum Gasteiger partial charge on any atom is -0.492 e. The molecule has 2 heterocycles. The summed E-state index contributed by atoms with van der Waals surface area (Å²) in [6.07, 6.45) is 0. The standard InChI is InChI=1S/C17H22N4O2S/c1-2-23-15-6-4-3-5-14(15)20-7-9-21(10-8-20)17(22)13-12-24-16(11-18)19-13/h3-6,12H,2,7-11,18H2,1H3.